The van der Waals surface area contributed by atoms with Gasteiger partial charge >= 0.3 is 0 Å². The molecular weight excluding hydrogens is 178 g/mol. The highest BCUT2D eigenvalue weighted by Gasteiger charge is 2.10. The van der Waals surface area contributed by atoms with E-state index in [9.17, 15) is 0 Å². The second-order valence-corrected chi connectivity index (χ2v) is 4.16. The van der Waals surface area contributed by atoms with E-state index >= 15 is 0 Å². The molecule has 0 aliphatic carbocycles. The van der Waals surface area contributed by atoms with E-state index in [1.165, 1.54) is 11.3 Å². The first-order chi connectivity index (χ1) is 5.15. The lowest BCUT2D eigenvalue weighted by Crippen LogP contribution is -1.85. The topological polar surface area (TPSA) is 23.8 Å². The van der Waals surface area contributed by atoms with E-state index in [4.69, 9.17) is 16.9 Å². The summed E-state index contributed by atoms with van der Waals surface area (Å²) in [4.78, 5) is 1.08. The van der Waals surface area contributed by atoms with Crippen LogP contribution >= 0.6 is 22.9 Å². The summed E-state index contributed by atoms with van der Waals surface area (Å²) in [6, 6.07) is 4.09. The largest absolute Gasteiger partial charge is 0.198 e. The third-order valence-electron chi connectivity index (χ3n) is 1.51. The van der Waals surface area contributed by atoms with Gasteiger partial charge in [-0.1, -0.05) is 11.6 Å². The summed E-state index contributed by atoms with van der Waals surface area (Å²) in [6.45, 7) is 3.86. The Hall–Kier alpha value is -0.520. The van der Waals surface area contributed by atoms with Gasteiger partial charge in [0.05, 0.1) is 16.3 Å². The van der Waals surface area contributed by atoms with Crippen molar-refractivity contribution in [2.45, 2.75) is 19.8 Å². The lowest BCUT2D eigenvalue weighted by Gasteiger charge is -1.97. The van der Waals surface area contributed by atoms with Crippen molar-refractivity contribution in [3.05, 3.63) is 20.8 Å². The van der Waals surface area contributed by atoms with Crippen molar-refractivity contribution >= 4 is 22.9 Å². The molecule has 0 aromatic carbocycles. The Morgan fingerprint density at radius 1 is 1.73 bits per heavy atom. The molecule has 1 rings (SSSR count). The lowest BCUT2D eigenvalue weighted by atomic mass is 10.1. The minimum absolute atomic E-state index is 0.0347. The van der Waals surface area contributed by atoms with Gasteiger partial charge in [0.2, 0.25) is 0 Å². The second-order valence-electron chi connectivity index (χ2n) is 2.45. The first kappa shape index (κ1) is 8.58. The van der Waals surface area contributed by atoms with Gasteiger partial charge in [-0.05, 0) is 25.5 Å². The minimum Gasteiger partial charge on any atom is -0.198 e. The van der Waals surface area contributed by atoms with Crippen molar-refractivity contribution < 1.29 is 0 Å². The maximum absolute atomic E-state index is 8.64. The molecule has 0 spiro atoms. The highest BCUT2D eigenvalue weighted by atomic mass is 35.5. The van der Waals surface area contributed by atoms with Gasteiger partial charge in [-0.15, -0.1) is 11.3 Å². The van der Waals surface area contributed by atoms with E-state index in [2.05, 4.69) is 6.07 Å². The molecule has 1 nitrogen and oxygen atoms in total. The lowest BCUT2D eigenvalue weighted by molar-refractivity contribution is 0.998. The van der Waals surface area contributed by atoms with E-state index in [0.717, 1.165) is 14.8 Å². The van der Waals surface area contributed by atoms with Gasteiger partial charge in [-0.25, -0.2) is 0 Å². The van der Waals surface area contributed by atoms with Gasteiger partial charge in [0.15, 0.2) is 0 Å². The zero-order valence-electron chi connectivity index (χ0n) is 6.39. The third kappa shape index (κ3) is 1.74. The fourth-order valence-corrected chi connectivity index (χ4v) is 2.25. The summed E-state index contributed by atoms with van der Waals surface area (Å²) in [6.07, 6.45) is 0. The number of hydrogen-bond acceptors (Lipinski definition) is 2. The van der Waals surface area contributed by atoms with Crippen LogP contribution in [0.4, 0.5) is 0 Å². The smallest absolute Gasteiger partial charge is 0.0934 e. The minimum atomic E-state index is -0.0347. The average Bonchev–Trinajstić information content (AvgIpc) is 2.28. The monoisotopic (exact) mass is 185 g/mol. The highest BCUT2D eigenvalue weighted by Crippen LogP contribution is 2.31. The molecule has 0 N–H and O–H groups in total. The molecule has 1 heterocycles. The summed E-state index contributed by atoms with van der Waals surface area (Å²) >= 11 is 7.27. The van der Waals surface area contributed by atoms with Crippen molar-refractivity contribution in [2.24, 2.45) is 0 Å². The second kappa shape index (κ2) is 3.25. The predicted octanol–water partition coefficient (Wildman–Crippen LogP) is 3.34. The Morgan fingerprint density at radius 2 is 2.36 bits per heavy atom. The van der Waals surface area contributed by atoms with E-state index < -0.39 is 0 Å². The molecule has 0 fully saturated rings. The molecular formula is C8H8ClNS. The van der Waals surface area contributed by atoms with Crippen LogP contribution in [-0.2, 0) is 0 Å². The summed E-state index contributed by atoms with van der Waals surface area (Å²) < 4.78 is 0.764. The van der Waals surface area contributed by atoms with Crippen molar-refractivity contribution in [1.29, 1.82) is 5.26 Å². The first-order valence-corrected chi connectivity index (χ1v) is 4.50. The van der Waals surface area contributed by atoms with Crippen LogP contribution in [0.25, 0.3) is 0 Å². The molecule has 1 aromatic heterocycles. The molecule has 58 valence electrons. The normalized spacial score (nSPS) is 12.5. The summed E-state index contributed by atoms with van der Waals surface area (Å²) in [5.74, 6) is -0.0347. The SMILES string of the molecule is Cc1cc(Cl)sc1C(C)C#N. The van der Waals surface area contributed by atoms with E-state index in [1.54, 1.807) is 0 Å². The van der Waals surface area contributed by atoms with E-state index in [-0.39, 0.29) is 5.92 Å². The van der Waals surface area contributed by atoms with Crippen LogP contribution in [0.3, 0.4) is 0 Å². The molecule has 11 heavy (non-hydrogen) atoms. The molecule has 1 unspecified atom stereocenters. The van der Waals surface area contributed by atoms with Crippen LogP contribution < -0.4 is 0 Å². The van der Waals surface area contributed by atoms with Gasteiger partial charge in [-0.2, -0.15) is 5.26 Å². The van der Waals surface area contributed by atoms with Crippen molar-refractivity contribution in [3.63, 3.8) is 0 Å². The highest BCUT2D eigenvalue weighted by molar-refractivity contribution is 7.16. The third-order valence-corrected chi connectivity index (χ3v) is 3.06. The van der Waals surface area contributed by atoms with E-state index in [1.807, 2.05) is 19.9 Å². The quantitative estimate of drug-likeness (QED) is 0.659. The number of thiophene rings is 1. The van der Waals surface area contributed by atoms with Gasteiger partial charge < -0.3 is 0 Å². The summed E-state index contributed by atoms with van der Waals surface area (Å²) in [5, 5.41) is 8.64. The van der Waals surface area contributed by atoms with Crippen LogP contribution in [0.15, 0.2) is 6.07 Å². The number of halogens is 1. The van der Waals surface area contributed by atoms with E-state index in [0.29, 0.717) is 0 Å². The Kier molecular flexibility index (Phi) is 2.53. The fourth-order valence-electron chi connectivity index (χ4n) is 0.945. The number of nitrogens with zero attached hydrogens (tertiary/aromatic N) is 1. The Bertz CT molecular complexity index is 298. The predicted molar refractivity (Wildman–Crippen MR) is 48.1 cm³/mol. The zero-order valence-corrected chi connectivity index (χ0v) is 7.96. The maximum atomic E-state index is 8.64. The van der Waals surface area contributed by atoms with Gasteiger partial charge in [-0.3, -0.25) is 0 Å². The molecule has 0 saturated carbocycles. The zero-order chi connectivity index (χ0) is 8.43. The Labute approximate surface area is 75.2 Å². The first-order valence-electron chi connectivity index (χ1n) is 3.30. The van der Waals surface area contributed by atoms with Crippen molar-refractivity contribution in [1.82, 2.24) is 0 Å². The molecule has 1 aromatic rings. The summed E-state index contributed by atoms with van der Waals surface area (Å²) in [5.41, 5.74) is 1.12. The maximum Gasteiger partial charge on any atom is 0.0934 e. The number of nitriles is 1. The van der Waals surface area contributed by atoms with Crippen LogP contribution in [-0.4, -0.2) is 0 Å². The van der Waals surface area contributed by atoms with Crippen LogP contribution in [0.5, 0.6) is 0 Å². The molecule has 3 heteroatoms. The Morgan fingerprint density at radius 3 is 2.73 bits per heavy atom. The average molecular weight is 186 g/mol. The van der Waals surface area contributed by atoms with Gasteiger partial charge in [0, 0.05) is 4.88 Å². The van der Waals surface area contributed by atoms with Gasteiger partial charge in [0.25, 0.3) is 0 Å². The Balaban J connectivity index is 3.05. The van der Waals surface area contributed by atoms with Crippen molar-refractivity contribution in [3.8, 4) is 6.07 Å². The number of aryl methyl sites for hydroxylation is 1. The fraction of sp³-hybridized carbons (Fsp3) is 0.375. The van der Waals surface area contributed by atoms with Gasteiger partial charge in [0.1, 0.15) is 0 Å². The molecule has 0 radical (unpaired) electrons. The molecule has 0 amide bonds. The number of rotatable bonds is 1. The van der Waals surface area contributed by atoms with Crippen molar-refractivity contribution in [2.75, 3.05) is 0 Å². The molecule has 0 bridgehead atoms. The standard InChI is InChI=1S/C8H8ClNS/c1-5-3-7(9)11-8(5)6(2)4-10/h3,6H,1-2H3. The van der Waals surface area contributed by atoms with Crippen LogP contribution in [0.2, 0.25) is 4.34 Å². The molecule has 0 aliphatic heterocycles. The molecule has 1 atom stereocenters. The summed E-state index contributed by atoms with van der Waals surface area (Å²) in [7, 11) is 0. The number of hydrogen-bond donors (Lipinski definition) is 0. The van der Waals surface area contributed by atoms with Crippen LogP contribution in [0.1, 0.15) is 23.3 Å². The molecule has 0 saturated heterocycles. The van der Waals surface area contributed by atoms with Crippen LogP contribution in [0, 0.1) is 18.3 Å². The molecule has 0 aliphatic rings.